The van der Waals surface area contributed by atoms with Crippen LogP contribution in [0, 0.1) is 0 Å². The number of hydrogen-bond donors (Lipinski definition) is 2. The first-order valence-electron chi connectivity index (χ1n) is 8.70. The zero-order valence-electron chi connectivity index (χ0n) is 14.9. The van der Waals surface area contributed by atoms with Crippen molar-refractivity contribution < 1.29 is 14.3 Å². The number of halogens is 1. The highest BCUT2D eigenvalue weighted by Gasteiger charge is 2.33. The summed E-state index contributed by atoms with van der Waals surface area (Å²) >= 11 is 6.27. The van der Waals surface area contributed by atoms with E-state index in [4.69, 9.17) is 16.3 Å². The Balaban J connectivity index is 1.61. The van der Waals surface area contributed by atoms with E-state index in [0.29, 0.717) is 36.0 Å². The second kappa shape index (κ2) is 8.73. The molecule has 1 saturated heterocycles. The van der Waals surface area contributed by atoms with Gasteiger partial charge in [-0.3, -0.25) is 9.78 Å². The SMILES string of the molecule is CNC(=O)[C@H]1CCCN1C(=O)Nc1ccc(OCc2ccccn2)c(Cl)c1. The normalized spacial score (nSPS) is 16.1. The lowest BCUT2D eigenvalue weighted by molar-refractivity contribution is -0.124. The summed E-state index contributed by atoms with van der Waals surface area (Å²) in [6.07, 6.45) is 3.16. The molecule has 1 aromatic carbocycles. The molecule has 2 aromatic rings. The molecule has 27 heavy (non-hydrogen) atoms. The number of urea groups is 1. The van der Waals surface area contributed by atoms with Crippen LogP contribution in [0.15, 0.2) is 42.6 Å². The lowest BCUT2D eigenvalue weighted by Gasteiger charge is -2.23. The fourth-order valence-corrected chi connectivity index (χ4v) is 3.21. The van der Waals surface area contributed by atoms with Crippen LogP contribution < -0.4 is 15.4 Å². The smallest absolute Gasteiger partial charge is 0.322 e. The van der Waals surface area contributed by atoms with Crippen LogP contribution in [0.4, 0.5) is 10.5 Å². The van der Waals surface area contributed by atoms with Crippen LogP contribution in [0.2, 0.25) is 5.02 Å². The molecule has 3 rings (SSSR count). The minimum absolute atomic E-state index is 0.154. The van der Waals surface area contributed by atoms with Gasteiger partial charge in [-0.25, -0.2) is 4.79 Å². The lowest BCUT2D eigenvalue weighted by Crippen LogP contribution is -2.46. The summed E-state index contributed by atoms with van der Waals surface area (Å²) in [6, 6.07) is 9.86. The minimum Gasteiger partial charge on any atom is -0.486 e. The minimum atomic E-state index is -0.438. The number of benzene rings is 1. The number of nitrogens with zero attached hydrogens (tertiary/aromatic N) is 2. The summed E-state index contributed by atoms with van der Waals surface area (Å²) in [4.78, 5) is 30.1. The van der Waals surface area contributed by atoms with Gasteiger partial charge in [-0.05, 0) is 43.2 Å². The number of nitrogens with one attached hydrogen (secondary N) is 2. The van der Waals surface area contributed by atoms with E-state index in [1.165, 1.54) is 4.90 Å². The first kappa shape index (κ1) is 19.0. The molecule has 7 nitrogen and oxygen atoms in total. The van der Waals surface area contributed by atoms with Crippen LogP contribution in [-0.4, -0.2) is 41.5 Å². The number of carbonyl (C=O) groups excluding carboxylic acids is 2. The van der Waals surface area contributed by atoms with Crippen molar-refractivity contribution in [2.24, 2.45) is 0 Å². The maximum absolute atomic E-state index is 12.5. The summed E-state index contributed by atoms with van der Waals surface area (Å²) < 4.78 is 5.68. The third-order valence-corrected chi connectivity index (χ3v) is 4.64. The number of carbonyl (C=O) groups is 2. The van der Waals surface area contributed by atoms with Gasteiger partial charge in [-0.15, -0.1) is 0 Å². The van der Waals surface area contributed by atoms with Crippen molar-refractivity contribution >= 4 is 29.2 Å². The average molecular weight is 389 g/mol. The lowest BCUT2D eigenvalue weighted by atomic mass is 10.2. The molecular formula is C19H21ClN4O3. The van der Waals surface area contributed by atoms with Crippen molar-refractivity contribution in [3.63, 3.8) is 0 Å². The van der Waals surface area contributed by atoms with Crippen molar-refractivity contribution in [3.05, 3.63) is 53.3 Å². The molecular weight excluding hydrogens is 368 g/mol. The van der Waals surface area contributed by atoms with Gasteiger partial charge in [0.15, 0.2) is 0 Å². The molecule has 0 saturated carbocycles. The number of anilines is 1. The van der Waals surface area contributed by atoms with Crippen LogP contribution in [0.1, 0.15) is 18.5 Å². The predicted molar refractivity (Wildman–Crippen MR) is 103 cm³/mol. The Morgan fingerprint density at radius 2 is 2.19 bits per heavy atom. The topological polar surface area (TPSA) is 83.6 Å². The zero-order chi connectivity index (χ0) is 19.2. The molecule has 1 aliphatic rings. The number of pyridine rings is 1. The van der Waals surface area contributed by atoms with Gasteiger partial charge in [0.2, 0.25) is 5.91 Å². The van der Waals surface area contributed by atoms with Crippen LogP contribution in [0.3, 0.4) is 0 Å². The largest absolute Gasteiger partial charge is 0.486 e. The molecule has 1 atom stereocenters. The second-order valence-electron chi connectivity index (χ2n) is 6.15. The Morgan fingerprint density at radius 1 is 1.33 bits per heavy atom. The standard InChI is InChI=1S/C19H21ClN4O3/c1-21-18(25)16-6-4-10-24(16)19(26)23-13-7-8-17(15(20)11-13)27-12-14-5-2-3-9-22-14/h2-3,5,7-9,11,16H,4,6,10,12H2,1H3,(H,21,25)(H,23,26)/t16-/m1/s1. The monoisotopic (exact) mass is 388 g/mol. The van der Waals surface area contributed by atoms with E-state index in [1.54, 1.807) is 31.4 Å². The van der Waals surface area contributed by atoms with Gasteiger partial charge >= 0.3 is 6.03 Å². The fraction of sp³-hybridized carbons (Fsp3) is 0.316. The van der Waals surface area contributed by atoms with Crippen LogP contribution >= 0.6 is 11.6 Å². The van der Waals surface area contributed by atoms with E-state index in [9.17, 15) is 9.59 Å². The molecule has 0 spiro atoms. The second-order valence-corrected chi connectivity index (χ2v) is 6.56. The predicted octanol–water partition coefficient (Wildman–Crippen LogP) is 3.06. The van der Waals surface area contributed by atoms with Gasteiger partial charge in [-0.1, -0.05) is 17.7 Å². The van der Waals surface area contributed by atoms with E-state index < -0.39 is 6.04 Å². The van der Waals surface area contributed by atoms with E-state index >= 15 is 0 Å². The molecule has 3 amide bonds. The number of likely N-dealkylation sites (N-methyl/N-ethyl adjacent to an activating group) is 1. The Labute approximate surface area is 162 Å². The molecule has 0 radical (unpaired) electrons. The van der Waals surface area contributed by atoms with Crippen molar-refractivity contribution in [2.75, 3.05) is 18.9 Å². The molecule has 2 N–H and O–H groups in total. The van der Waals surface area contributed by atoms with Crippen LogP contribution in [-0.2, 0) is 11.4 Å². The number of hydrogen-bond acceptors (Lipinski definition) is 4. The third-order valence-electron chi connectivity index (χ3n) is 4.35. The van der Waals surface area contributed by atoms with Gasteiger partial charge in [0.25, 0.3) is 0 Å². The van der Waals surface area contributed by atoms with E-state index in [2.05, 4.69) is 15.6 Å². The van der Waals surface area contributed by atoms with Gasteiger partial charge < -0.3 is 20.3 Å². The summed E-state index contributed by atoms with van der Waals surface area (Å²) in [7, 11) is 1.57. The quantitative estimate of drug-likeness (QED) is 0.824. The molecule has 0 bridgehead atoms. The van der Waals surface area contributed by atoms with Gasteiger partial charge in [-0.2, -0.15) is 0 Å². The van der Waals surface area contributed by atoms with Crippen molar-refractivity contribution in [3.8, 4) is 5.75 Å². The Bertz CT molecular complexity index is 816. The summed E-state index contributed by atoms with van der Waals surface area (Å²) in [5.41, 5.74) is 1.33. The molecule has 0 unspecified atom stereocenters. The van der Waals surface area contributed by atoms with Gasteiger partial charge in [0.05, 0.1) is 10.7 Å². The van der Waals surface area contributed by atoms with E-state index in [0.717, 1.165) is 12.1 Å². The number of likely N-dealkylation sites (tertiary alicyclic amines) is 1. The van der Waals surface area contributed by atoms with E-state index in [-0.39, 0.29) is 11.9 Å². The van der Waals surface area contributed by atoms with Gasteiger partial charge in [0, 0.05) is 25.5 Å². The first-order valence-corrected chi connectivity index (χ1v) is 9.08. The first-order chi connectivity index (χ1) is 13.1. The van der Waals surface area contributed by atoms with Crippen LogP contribution in [0.5, 0.6) is 5.75 Å². The van der Waals surface area contributed by atoms with Crippen molar-refractivity contribution in [2.45, 2.75) is 25.5 Å². The molecule has 142 valence electrons. The van der Waals surface area contributed by atoms with Crippen LogP contribution in [0.25, 0.3) is 0 Å². The van der Waals surface area contributed by atoms with Crippen molar-refractivity contribution in [1.82, 2.24) is 15.2 Å². The third kappa shape index (κ3) is 4.68. The number of rotatable bonds is 5. The van der Waals surface area contributed by atoms with E-state index in [1.807, 2.05) is 18.2 Å². The van der Waals surface area contributed by atoms with Gasteiger partial charge in [0.1, 0.15) is 18.4 Å². The molecule has 0 aliphatic carbocycles. The Morgan fingerprint density at radius 3 is 2.89 bits per heavy atom. The fourth-order valence-electron chi connectivity index (χ4n) is 2.98. The highest BCUT2D eigenvalue weighted by molar-refractivity contribution is 6.32. The maximum Gasteiger partial charge on any atom is 0.322 e. The number of amides is 3. The highest BCUT2D eigenvalue weighted by atomic mass is 35.5. The zero-order valence-corrected chi connectivity index (χ0v) is 15.7. The maximum atomic E-state index is 12.5. The summed E-state index contributed by atoms with van der Waals surface area (Å²) in [5.74, 6) is 0.351. The Hall–Kier alpha value is -2.80. The number of ether oxygens (including phenoxy) is 1. The molecule has 1 aliphatic heterocycles. The average Bonchev–Trinajstić information content (AvgIpc) is 3.17. The summed E-state index contributed by atoms with van der Waals surface area (Å²) in [6.45, 7) is 0.844. The Kier molecular flexibility index (Phi) is 6.13. The number of aromatic nitrogens is 1. The molecule has 2 heterocycles. The summed E-state index contributed by atoms with van der Waals surface area (Å²) in [5, 5.41) is 5.77. The molecule has 1 aromatic heterocycles. The van der Waals surface area contributed by atoms with Crippen molar-refractivity contribution in [1.29, 1.82) is 0 Å². The molecule has 8 heteroatoms. The molecule has 1 fully saturated rings. The highest BCUT2D eigenvalue weighted by Crippen LogP contribution is 2.29.